The average Bonchev–Trinajstić information content (AvgIpc) is 3.51. The molecule has 0 aromatic carbocycles. The maximum absolute atomic E-state index is 13.0. The minimum Gasteiger partial charge on any atom is -0.477 e. The number of aromatic nitrogens is 5. The van der Waals surface area contributed by atoms with Crippen LogP contribution in [0.5, 0.6) is 0 Å². The van der Waals surface area contributed by atoms with E-state index in [9.17, 15) is 19.5 Å². The standard InChI is InChI=1S/C18H23N11O5S3/c19-1-3-28-18(24-26-27-28)37-6-8-5-35-15-11(14(31)29(15)12(8)16(32)33)23-13(30)10(25-34-4-2-20)9-7-36-17(21)22-9/h7,11,15H,1-6,19-20H2,(H2,21,22)(H,23,30)(H,32,33)/b25-10+. The van der Waals surface area contributed by atoms with Crippen LogP contribution in [-0.2, 0) is 25.8 Å². The molecule has 2 aliphatic heterocycles. The molecule has 0 bridgehead atoms. The topological polar surface area (TPSA) is 243 Å². The SMILES string of the molecule is NCCO/N=C(/C(=O)NC1C(=O)N2C(C(=O)O)=C(CSc3nnnn3CCN)CSC12)c1csc(N)n1. The van der Waals surface area contributed by atoms with Crippen LogP contribution in [0.4, 0.5) is 5.13 Å². The maximum Gasteiger partial charge on any atom is 0.352 e. The maximum atomic E-state index is 13.0. The van der Waals surface area contributed by atoms with Crippen molar-refractivity contribution in [2.75, 3.05) is 36.9 Å². The zero-order chi connectivity index (χ0) is 26.5. The number of nitrogens with zero attached hydrogens (tertiary/aromatic N) is 7. The molecule has 2 aromatic rings. The molecule has 1 saturated heterocycles. The number of amides is 2. The van der Waals surface area contributed by atoms with E-state index in [1.165, 1.54) is 38.5 Å². The third kappa shape index (κ3) is 5.69. The Kier molecular flexibility index (Phi) is 8.59. The molecule has 4 heterocycles. The predicted octanol–water partition coefficient (Wildman–Crippen LogP) is -2.12. The first-order valence-electron chi connectivity index (χ1n) is 10.8. The highest BCUT2D eigenvalue weighted by Gasteiger charge is 2.54. The first kappa shape index (κ1) is 26.8. The van der Waals surface area contributed by atoms with Crippen molar-refractivity contribution < 1.29 is 24.3 Å². The molecule has 1 fully saturated rings. The smallest absolute Gasteiger partial charge is 0.352 e. The van der Waals surface area contributed by atoms with Gasteiger partial charge in [-0.1, -0.05) is 16.9 Å². The molecular formula is C18H23N11O5S3. The first-order chi connectivity index (χ1) is 17.8. The average molecular weight is 570 g/mol. The molecule has 2 aromatic heterocycles. The number of carbonyl (C=O) groups is 3. The molecule has 0 saturated carbocycles. The van der Waals surface area contributed by atoms with E-state index in [1.54, 1.807) is 0 Å². The van der Waals surface area contributed by atoms with Gasteiger partial charge >= 0.3 is 5.97 Å². The van der Waals surface area contributed by atoms with Crippen molar-refractivity contribution in [2.45, 2.75) is 23.1 Å². The van der Waals surface area contributed by atoms with Gasteiger partial charge in [0.2, 0.25) is 5.16 Å². The van der Waals surface area contributed by atoms with Crippen molar-refractivity contribution in [3.8, 4) is 0 Å². The number of rotatable bonds is 12. The summed E-state index contributed by atoms with van der Waals surface area (Å²) < 4.78 is 1.52. The van der Waals surface area contributed by atoms with Crippen LogP contribution in [0.25, 0.3) is 0 Å². The van der Waals surface area contributed by atoms with Crippen LogP contribution in [0.2, 0.25) is 0 Å². The number of hydrogen-bond donors (Lipinski definition) is 5. The van der Waals surface area contributed by atoms with Crippen LogP contribution in [-0.4, -0.2) is 101 Å². The van der Waals surface area contributed by atoms with Crippen molar-refractivity contribution in [1.82, 2.24) is 35.4 Å². The quantitative estimate of drug-likeness (QED) is 0.0603. The summed E-state index contributed by atoms with van der Waals surface area (Å²) in [5.41, 5.74) is 17.1. The Morgan fingerprint density at radius 1 is 1.35 bits per heavy atom. The molecule has 4 rings (SSSR count). The minimum absolute atomic E-state index is 0.0666. The van der Waals surface area contributed by atoms with Gasteiger partial charge in [0.05, 0.1) is 6.54 Å². The molecular weight excluding hydrogens is 546 g/mol. The summed E-state index contributed by atoms with van der Waals surface area (Å²) in [7, 11) is 0. The van der Waals surface area contributed by atoms with Gasteiger partial charge in [-0.15, -0.1) is 28.2 Å². The lowest BCUT2D eigenvalue weighted by atomic mass is 10.0. The second-order valence-corrected chi connectivity index (χ2v) is 10.5. The number of tetrazole rings is 1. The molecule has 2 atom stereocenters. The molecule has 2 amide bonds. The van der Waals surface area contributed by atoms with Gasteiger partial charge in [-0.25, -0.2) is 14.5 Å². The number of aliphatic carboxylic acids is 1. The third-order valence-corrected chi connectivity index (χ3v) is 8.15. The van der Waals surface area contributed by atoms with E-state index >= 15 is 0 Å². The van der Waals surface area contributed by atoms with Crippen LogP contribution < -0.4 is 22.5 Å². The number of nitrogens with two attached hydrogens (primary N) is 3. The van der Waals surface area contributed by atoms with Crippen LogP contribution in [0.1, 0.15) is 5.69 Å². The van der Waals surface area contributed by atoms with Gasteiger partial charge in [0.25, 0.3) is 11.8 Å². The second kappa shape index (κ2) is 11.9. The highest BCUT2D eigenvalue weighted by Crippen LogP contribution is 2.41. The Bertz CT molecular complexity index is 1250. The fraction of sp³-hybridized carbons (Fsp3) is 0.444. The molecule has 0 aliphatic carbocycles. The Hall–Kier alpha value is -3.26. The number of anilines is 1. The molecule has 37 heavy (non-hydrogen) atoms. The lowest BCUT2D eigenvalue weighted by Crippen LogP contribution is -2.71. The monoisotopic (exact) mass is 569 g/mol. The fourth-order valence-electron chi connectivity index (χ4n) is 3.48. The highest BCUT2D eigenvalue weighted by molar-refractivity contribution is 8.01. The second-order valence-electron chi connectivity index (χ2n) is 7.51. The number of thioether (sulfide) groups is 2. The zero-order valence-electron chi connectivity index (χ0n) is 19.1. The van der Waals surface area contributed by atoms with E-state index in [0.717, 1.165) is 11.3 Å². The van der Waals surface area contributed by atoms with Crippen LogP contribution in [0.3, 0.4) is 0 Å². The number of fused-ring (bicyclic) bond motifs is 1. The number of thiazole rings is 1. The van der Waals surface area contributed by atoms with Crippen molar-refractivity contribution in [1.29, 1.82) is 0 Å². The van der Waals surface area contributed by atoms with Gasteiger partial charge in [-0.05, 0) is 16.0 Å². The largest absolute Gasteiger partial charge is 0.477 e. The van der Waals surface area contributed by atoms with Crippen LogP contribution >= 0.6 is 34.9 Å². The van der Waals surface area contributed by atoms with E-state index in [-0.39, 0.29) is 41.1 Å². The Morgan fingerprint density at radius 2 is 2.16 bits per heavy atom. The van der Waals surface area contributed by atoms with E-state index in [2.05, 4.69) is 31.0 Å². The summed E-state index contributed by atoms with van der Waals surface area (Å²) in [6.07, 6.45) is 0. The summed E-state index contributed by atoms with van der Waals surface area (Å²) >= 11 is 3.70. The van der Waals surface area contributed by atoms with Crippen LogP contribution in [0, 0.1) is 0 Å². The van der Waals surface area contributed by atoms with Gasteiger partial charge in [-0.2, -0.15) is 0 Å². The summed E-state index contributed by atoms with van der Waals surface area (Å²) in [5, 5.41) is 29.3. The Balaban J connectivity index is 1.48. The van der Waals surface area contributed by atoms with Crippen molar-refractivity contribution in [3.05, 3.63) is 22.3 Å². The molecule has 16 nitrogen and oxygen atoms in total. The zero-order valence-corrected chi connectivity index (χ0v) is 21.6. The molecule has 198 valence electrons. The minimum atomic E-state index is -1.24. The lowest BCUT2D eigenvalue weighted by molar-refractivity contribution is -0.150. The Morgan fingerprint density at radius 3 is 2.84 bits per heavy atom. The summed E-state index contributed by atoms with van der Waals surface area (Å²) in [5.74, 6) is -1.92. The molecule has 0 radical (unpaired) electrons. The van der Waals surface area contributed by atoms with Crippen molar-refractivity contribution >= 4 is 63.5 Å². The number of nitrogens with one attached hydrogen (secondary N) is 1. The number of hydrogen-bond acceptors (Lipinski definition) is 15. The molecule has 2 unspecified atom stereocenters. The van der Waals surface area contributed by atoms with E-state index in [0.29, 0.717) is 29.6 Å². The molecule has 8 N–H and O–H groups in total. The third-order valence-electron chi connectivity index (χ3n) is 5.10. The molecule has 2 aliphatic rings. The van der Waals surface area contributed by atoms with Gasteiger partial charge in [-0.3, -0.25) is 14.5 Å². The number of carbonyl (C=O) groups excluding carboxylic acids is 2. The first-order valence-corrected chi connectivity index (χ1v) is 13.7. The summed E-state index contributed by atoms with van der Waals surface area (Å²) in [6, 6.07) is -0.964. The van der Waals surface area contributed by atoms with Gasteiger partial charge in [0.1, 0.15) is 29.4 Å². The van der Waals surface area contributed by atoms with Crippen molar-refractivity contribution in [2.24, 2.45) is 16.6 Å². The van der Waals surface area contributed by atoms with E-state index < -0.39 is 29.2 Å². The van der Waals surface area contributed by atoms with E-state index in [1.807, 2.05) is 0 Å². The molecule has 19 heteroatoms. The summed E-state index contributed by atoms with van der Waals surface area (Å²) in [4.78, 5) is 48.4. The van der Waals surface area contributed by atoms with Crippen molar-refractivity contribution in [3.63, 3.8) is 0 Å². The van der Waals surface area contributed by atoms with Gasteiger partial charge < -0.3 is 32.5 Å². The number of oxime groups is 1. The number of β-lactam (4-membered cyclic amide) rings is 1. The van der Waals surface area contributed by atoms with E-state index in [4.69, 9.17) is 22.0 Å². The number of carboxylic acid groups (broad SMARTS) is 1. The number of carboxylic acids is 1. The highest BCUT2D eigenvalue weighted by atomic mass is 32.2. The molecule has 0 spiro atoms. The van der Waals surface area contributed by atoms with Gasteiger partial charge in [0, 0.05) is 30.0 Å². The number of nitrogen functional groups attached to an aromatic ring is 1. The van der Waals surface area contributed by atoms with Crippen LogP contribution in [0.15, 0.2) is 27.0 Å². The normalized spacial score (nSPS) is 19.5. The fourth-order valence-corrected chi connectivity index (χ4v) is 6.42. The predicted molar refractivity (Wildman–Crippen MR) is 135 cm³/mol. The summed E-state index contributed by atoms with van der Waals surface area (Å²) in [6.45, 7) is 1.01. The Labute approximate surface area is 222 Å². The lowest BCUT2D eigenvalue weighted by Gasteiger charge is -2.49. The van der Waals surface area contributed by atoms with Gasteiger partial charge in [0.15, 0.2) is 10.8 Å².